The molecule has 120 valence electrons. The summed E-state index contributed by atoms with van der Waals surface area (Å²) in [5.74, 6) is 1.17. The molecule has 1 aromatic carbocycles. The van der Waals surface area contributed by atoms with Crippen LogP contribution in [-0.4, -0.2) is 24.2 Å². The molecular formula is C16H19N5OS. The van der Waals surface area contributed by atoms with Crippen LogP contribution in [0, 0.1) is 0 Å². The van der Waals surface area contributed by atoms with Crippen LogP contribution in [0.25, 0.3) is 11.0 Å². The smallest absolute Gasteiger partial charge is 0.243 e. The minimum atomic E-state index is -0.292. The van der Waals surface area contributed by atoms with Gasteiger partial charge in [0.15, 0.2) is 0 Å². The van der Waals surface area contributed by atoms with Crippen molar-refractivity contribution in [3.8, 4) is 0 Å². The van der Waals surface area contributed by atoms with Gasteiger partial charge in [-0.1, -0.05) is 19.9 Å². The van der Waals surface area contributed by atoms with E-state index in [2.05, 4.69) is 32.9 Å². The van der Waals surface area contributed by atoms with Gasteiger partial charge >= 0.3 is 0 Å². The molecule has 0 saturated heterocycles. The Balaban J connectivity index is 1.67. The van der Waals surface area contributed by atoms with E-state index in [4.69, 9.17) is 0 Å². The molecule has 1 unspecified atom stereocenters. The molecule has 2 aromatic heterocycles. The highest BCUT2D eigenvalue weighted by Crippen LogP contribution is 2.18. The molecule has 2 heterocycles. The molecule has 0 spiro atoms. The lowest BCUT2D eigenvalue weighted by molar-refractivity contribution is -0.124. The maximum atomic E-state index is 12.4. The molecule has 7 heteroatoms. The summed E-state index contributed by atoms with van der Waals surface area (Å²) in [5, 5.41) is 2.98. The second-order valence-electron chi connectivity index (χ2n) is 5.83. The Morgan fingerprint density at radius 2 is 2.04 bits per heavy atom. The van der Waals surface area contributed by atoms with Gasteiger partial charge in [0, 0.05) is 24.9 Å². The zero-order valence-electron chi connectivity index (χ0n) is 13.4. The van der Waals surface area contributed by atoms with Crippen molar-refractivity contribution in [1.82, 2.24) is 23.6 Å². The summed E-state index contributed by atoms with van der Waals surface area (Å²) < 4.78 is 10.3. The lowest BCUT2D eigenvalue weighted by atomic mass is 10.1. The van der Waals surface area contributed by atoms with Gasteiger partial charge < -0.3 is 9.88 Å². The number of hydrogen-bond acceptors (Lipinski definition) is 5. The highest BCUT2D eigenvalue weighted by molar-refractivity contribution is 7.00. The van der Waals surface area contributed by atoms with Gasteiger partial charge in [0.25, 0.3) is 0 Å². The molecule has 1 N–H and O–H groups in total. The topological polar surface area (TPSA) is 72.7 Å². The van der Waals surface area contributed by atoms with Crippen molar-refractivity contribution in [2.45, 2.75) is 39.3 Å². The van der Waals surface area contributed by atoms with Crippen molar-refractivity contribution >= 4 is 28.7 Å². The molecule has 6 nitrogen and oxygen atoms in total. The zero-order chi connectivity index (χ0) is 16.4. The van der Waals surface area contributed by atoms with E-state index < -0.39 is 0 Å². The minimum Gasteiger partial charge on any atom is -0.350 e. The van der Waals surface area contributed by atoms with Crippen LogP contribution >= 0.6 is 11.7 Å². The largest absolute Gasteiger partial charge is 0.350 e. The van der Waals surface area contributed by atoms with Gasteiger partial charge in [-0.05, 0) is 24.6 Å². The summed E-state index contributed by atoms with van der Waals surface area (Å²) in [4.78, 5) is 16.8. The SMILES string of the molecule is CC(C)c1nccn1C(C)C(=O)NCc1ccc2nsnc2c1. The molecule has 3 rings (SSSR count). The molecule has 0 aliphatic carbocycles. The molecule has 0 aliphatic heterocycles. The van der Waals surface area contributed by atoms with E-state index in [0.29, 0.717) is 6.54 Å². The maximum Gasteiger partial charge on any atom is 0.243 e. The highest BCUT2D eigenvalue weighted by Gasteiger charge is 2.18. The van der Waals surface area contributed by atoms with Crippen molar-refractivity contribution in [2.24, 2.45) is 0 Å². The number of fused-ring (bicyclic) bond motifs is 1. The first-order valence-electron chi connectivity index (χ1n) is 7.58. The number of benzene rings is 1. The van der Waals surface area contributed by atoms with Crippen molar-refractivity contribution in [1.29, 1.82) is 0 Å². The Morgan fingerprint density at radius 3 is 2.83 bits per heavy atom. The quantitative estimate of drug-likeness (QED) is 0.781. The molecular weight excluding hydrogens is 310 g/mol. The van der Waals surface area contributed by atoms with E-state index >= 15 is 0 Å². The third-order valence-electron chi connectivity index (χ3n) is 3.80. The molecule has 1 amide bonds. The van der Waals surface area contributed by atoms with E-state index in [0.717, 1.165) is 22.4 Å². The molecule has 0 fully saturated rings. The van der Waals surface area contributed by atoms with E-state index in [-0.39, 0.29) is 17.9 Å². The van der Waals surface area contributed by atoms with E-state index in [1.165, 1.54) is 11.7 Å². The predicted molar refractivity (Wildman–Crippen MR) is 90.3 cm³/mol. The Morgan fingerprint density at radius 1 is 1.26 bits per heavy atom. The molecule has 0 bridgehead atoms. The van der Waals surface area contributed by atoms with Crippen molar-refractivity contribution in [3.05, 3.63) is 42.0 Å². The van der Waals surface area contributed by atoms with Crippen LogP contribution < -0.4 is 5.32 Å². The molecule has 23 heavy (non-hydrogen) atoms. The van der Waals surface area contributed by atoms with Gasteiger partial charge in [0.1, 0.15) is 22.9 Å². The number of hydrogen-bond donors (Lipinski definition) is 1. The van der Waals surface area contributed by atoms with Crippen LogP contribution in [0.1, 0.15) is 44.1 Å². The standard InChI is InChI=1S/C16H19N5OS/c1-10(2)15-17-6-7-21(15)11(3)16(22)18-9-12-4-5-13-14(8-12)20-23-19-13/h4-8,10-11H,9H2,1-3H3,(H,18,22). The van der Waals surface area contributed by atoms with Gasteiger partial charge in [-0.2, -0.15) is 8.75 Å². The van der Waals surface area contributed by atoms with Crippen LogP contribution in [0.3, 0.4) is 0 Å². The summed E-state index contributed by atoms with van der Waals surface area (Å²) >= 11 is 1.20. The average Bonchev–Trinajstić information content (AvgIpc) is 3.19. The third kappa shape index (κ3) is 3.24. The Bertz CT molecular complexity index is 823. The molecule has 0 radical (unpaired) electrons. The lowest BCUT2D eigenvalue weighted by Gasteiger charge is -2.17. The second-order valence-corrected chi connectivity index (χ2v) is 6.36. The molecule has 1 atom stereocenters. The van der Waals surface area contributed by atoms with Gasteiger partial charge in [-0.15, -0.1) is 0 Å². The number of aromatic nitrogens is 4. The second kappa shape index (κ2) is 6.45. The van der Waals surface area contributed by atoms with Gasteiger partial charge in [-0.25, -0.2) is 4.98 Å². The monoisotopic (exact) mass is 329 g/mol. The fourth-order valence-electron chi connectivity index (χ4n) is 2.50. The maximum absolute atomic E-state index is 12.4. The normalized spacial score (nSPS) is 12.7. The molecule has 0 saturated carbocycles. The van der Waals surface area contributed by atoms with E-state index in [1.807, 2.05) is 35.9 Å². The number of nitrogens with zero attached hydrogens (tertiary/aromatic N) is 4. The number of rotatable bonds is 5. The van der Waals surface area contributed by atoms with Crippen LogP contribution in [0.4, 0.5) is 0 Å². The highest BCUT2D eigenvalue weighted by atomic mass is 32.1. The number of imidazole rings is 1. The van der Waals surface area contributed by atoms with Crippen LogP contribution in [0.5, 0.6) is 0 Å². The van der Waals surface area contributed by atoms with Crippen LogP contribution in [0.15, 0.2) is 30.6 Å². The Kier molecular flexibility index (Phi) is 4.38. The predicted octanol–water partition coefficient (Wildman–Crippen LogP) is 2.89. The number of nitrogens with one attached hydrogen (secondary N) is 1. The van der Waals surface area contributed by atoms with Crippen molar-refractivity contribution < 1.29 is 4.79 Å². The van der Waals surface area contributed by atoms with Crippen molar-refractivity contribution in [3.63, 3.8) is 0 Å². The first-order valence-corrected chi connectivity index (χ1v) is 8.31. The average molecular weight is 329 g/mol. The Hall–Kier alpha value is -2.28. The lowest BCUT2D eigenvalue weighted by Crippen LogP contribution is -2.31. The first kappa shape index (κ1) is 15.6. The third-order valence-corrected chi connectivity index (χ3v) is 4.35. The van der Waals surface area contributed by atoms with Gasteiger partial charge in [0.2, 0.25) is 5.91 Å². The fourth-order valence-corrected chi connectivity index (χ4v) is 3.02. The van der Waals surface area contributed by atoms with Crippen LogP contribution in [0.2, 0.25) is 0 Å². The summed E-state index contributed by atoms with van der Waals surface area (Å²) in [6.45, 7) is 6.50. The first-order chi connectivity index (χ1) is 11.1. The molecule has 0 aliphatic rings. The van der Waals surface area contributed by atoms with Gasteiger partial charge in [0.05, 0.1) is 11.7 Å². The fraction of sp³-hybridized carbons (Fsp3) is 0.375. The van der Waals surface area contributed by atoms with E-state index in [9.17, 15) is 4.79 Å². The molecule has 3 aromatic rings. The number of carbonyl (C=O) groups is 1. The summed E-state index contributed by atoms with van der Waals surface area (Å²) in [7, 11) is 0. The van der Waals surface area contributed by atoms with Crippen LogP contribution in [-0.2, 0) is 11.3 Å². The number of carbonyl (C=O) groups excluding carboxylic acids is 1. The number of amides is 1. The van der Waals surface area contributed by atoms with Crippen molar-refractivity contribution in [2.75, 3.05) is 0 Å². The summed E-state index contributed by atoms with van der Waals surface area (Å²) in [6, 6.07) is 5.56. The summed E-state index contributed by atoms with van der Waals surface area (Å²) in [6.07, 6.45) is 3.59. The summed E-state index contributed by atoms with van der Waals surface area (Å²) in [5.41, 5.74) is 2.77. The van der Waals surface area contributed by atoms with E-state index in [1.54, 1.807) is 6.20 Å². The Labute approximate surface area is 138 Å². The minimum absolute atomic E-state index is 0.0265. The zero-order valence-corrected chi connectivity index (χ0v) is 14.2. The van der Waals surface area contributed by atoms with Gasteiger partial charge in [-0.3, -0.25) is 4.79 Å².